The normalized spacial score (nSPS) is 25.4. The van der Waals surface area contributed by atoms with Crippen LogP contribution in [0.3, 0.4) is 0 Å². The Bertz CT molecular complexity index is 1970. The third-order valence-electron chi connectivity index (χ3n) is 15.5. The molecule has 0 amide bonds. The maximum Gasteiger partial charge on any atom is 0.328 e. The van der Waals surface area contributed by atoms with Gasteiger partial charge >= 0.3 is 11.9 Å². The summed E-state index contributed by atoms with van der Waals surface area (Å²) in [6.45, 7) is 37.4. The molecule has 13 nitrogen and oxygen atoms in total. The summed E-state index contributed by atoms with van der Waals surface area (Å²) in [7, 11) is 0. The van der Waals surface area contributed by atoms with Gasteiger partial charge in [-0.3, -0.25) is 28.8 Å². The zero-order chi connectivity index (χ0) is 54.5. The number of rotatable bonds is 12. The van der Waals surface area contributed by atoms with E-state index in [2.05, 4.69) is 72.9 Å². The molecule has 2 aliphatic carbocycles. The maximum absolute atomic E-state index is 15.0. The van der Waals surface area contributed by atoms with E-state index in [1.807, 2.05) is 53.7 Å². The van der Waals surface area contributed by atoms with E-state index in [1.54, 1.807) is 27.7 Å². The number of benzene rings is 1. The van der Waals surface area contributed by atoms with Gasteiger partial charge in [-0.1, -0.05) is 89.0 Å². The lowest BCUT2D eigenvalue weighted by molar-refractivity contribution is -0.176. The van der Waals surface area contributed by atoms with Crippen molar-refractivity contribution in [2.45, 2.75) is 253 Å². The second-order valence-electron chi connectivity index (χ2n) is 28.3. The van der Waals surface area contributed by atoms with Crippen molar-refractivity contribution in [1.82, 2.24) is 10.6 Å². The summed E-state index contributed by atoms with van der Waals surface area (Å²) in [5, 5.41) is 37.9. The Balaban J connectivity index is 0.000000368. The number of aliphatic hydroxyl groups excluding tert-OH is 2. The first-order valence-corrected chi connectivity index (χ1v) is 26.2. The van der Waals surface area contributed by atoms with Gasteiger partial charge in [0.1, 0.15) is 41.1 Å². The number of unbranched alkanes of at least 4 members (excludes halogenated alkanes) is 1. The molecule has 0 aromatic heterocycles. The van der Waals surface area contributed by atoms with Crippen LogP contribution in [0.25, 0.3) is 0 Å². The number of piperidine rings is 2. The Morgan fingerprint density at radius 2 is 0.873 bits per heavy atom. The number of hydrogen-bond acceptors (Lipinski definition) is 13. The molecule has 5 N–H and O–H groups in total. The number of aromatic hydroxyl groups is 1. The molecule has 2 saturated heterocycles. The molecule has 0 bridgehead atoms. The molecule has 1 aromatic rings. The monoisotopic (exact) mass is 995 g/mol. The number of ether oxygens (including phenoxy) is 2. The van der Waals surface area contributed by atoms with Crippen LogP contribution in [0.1, 0.15) is 219 Å². The molecule has 4 aliphatic rings. The number of Topliss-reactive ketones (excluding diaryl/α,β-unsaturated/α-hetero) is 4. The smallest absolute Gasteiger partial charge is 0.328 e. The third-order valence-corrected chi connectivity index (χ3v) is 15.5. The molecule has 1 spiro atoms. The van der Waals surface area contributed by atoms with Gasteiger partial charge in [0, 0.05) is 97.6 Å². The van der Waals surface area contributed by atoms with Crippen molar-refractivity contribution in [1.29, 1.82) is 0 Å². The van der Waals surface area contributed by atoms with Crippen molar-refractivity contribution in [3.8, 4) is 5.75 Å². The molecule has 13 heteroatoms. The SMILES string of the molecule is CC(C)(CO)C1C(=O)CC2(CC1=O)CC(=O)C(C(C)(C)CO)C(=O)C2.CCCCC(C(=O)OC1CC(C)(C)NC(C)(C)C1)(C(=O)OC1CC(C)(C)NC(C)(C)C1)c1cc(C(C)(C)C)c(O)c(C(C)(C)C)c1. The predicted octanol–water partition coefficient (Wildman–Crippen LogP) is 9.23. The van der Waals surface area contributed by atoms with Crippen LogP contribution in [0, 0.1) is 28.1 Å². The van der Waals surface area contributed by atoms with E-state index >= 15 is 0 Å². The summed E-state index contributed by atoms with van der Waals surface area (Å²) < 4.78 is 13.0. The van der Waals surface area contributed by atoms with Crippen LogP contribution < -0.4 is 10.6 Å². The fourth-order valence-corrected chi connectivity index (χ4v) is 12.8. The molecule has 2 heterocycles. The molecule has 0 unspecified atom stereocenters. The van der Waals surface area contributed by atoms with Crippen LogP contribution >= 0.6 is 0 Å². The quantitative estimate of drug-likeness (QED) is 0.0980. The van der Waals surface area contributed by atoms with Crippen LogP contribution in [0.15, 0.2) is 12.1 Å². The van der Waals surface area contributed by atoms with E-state index in [9.17, 15) is 44.1 Å². The van der Waals surface area contributed by atoms with E-state index in [-0.39, 0.29) is 109 Å². The standard InChI is InChI=1S/C39H66N2O5.C19H28O6/c1-16-17-18-39(31(43)45-26-21-35(8,9)40-36(10,11)22-26,32(44)46-27-23-37(12,13)41-38(14,15)24-27)25-19-28(33(2,3)4)30(42)29(20-25)34(5,6)7;1-17(2,9-20)15-11(22)5-19(6-12(15)23)7-13(24)16(14(25)8-19)18(3,4)10-21/h19-20,26-27,40-42H,16-18,21-24H2,1-15H3;15-16,20-21H,5-10H2,1-4H3. The van der Waals surface area contributed by atoms with Crippen molar-refractivity contribution >= 4 is 35.1 Å². The minimum absolute atomic E-state index is 0.0105. The van der Waals surface area contributed by atoms with Gasteiger partial charge in [0.15, 0.2) is 5.41 Å². The Morgan fingerprint density at radius 3 is 1.13 bits per heavy atom. The van der Waals surface area contributed by atoms with Gasteiger partial charge in [-0.25, -0.2) is 0 Å². The van der Waals surface area contributed by atoms with Gasteiger partial charge < -0.3 is 35.4 Å². The Labute approximate surface area is 426 Å². The van der Waals surface area contributed by atoms with Gasteiger partial charge in [-0.05, 0) is 107 Å². The number of phenolic OH excluding ortho intramolecular Hbond substituents is 1. The third kappa shape index (κ3) is 13.8. The summed E-state index contributed by atoms with van der Waals surface area (Å²) in [6.07, 6.45) is 3.52. The van der Waals surface area contributed by atoms with E-state index < -0.39 is 56.3 Å². The van der Waals surface area contributed by atoms with Gasteiger partial charge in [-0.15, -0.1) is 0 Å². The molecule has 2 saturated carbocycles. The number of nitrogens with one attached hydrogen (secondary N) is 2. The highest BCUT2D eigenvalue weighted by Gasteiger charge is 2.57. The topological polar surface area (TPSA) is 206 Å². The van der Waals surface area contributed by atoms with Crippen molar-refractivity contribution in [2.75, 3.05) is 13.2 Å². The lowest BCUT2D eigenvalue weighted by atomic mass is 9.54. The molecule has 5 rings (SSSR count). The Morgan fingerprint density at radius 1 is 0.577 bits per heavy atom. The zero-order valence-corrected chi connectivity index (χ0v) is 47.3. The second kappa shape index (κ2) is 20.7. The summed E-state index contributed by atoms with van der Waals surface area (Å²) in [5.74, 6) is -3.86. The predicted molar refractivity (Wildman–Crippen MR) is 277 cm³/mol. The van der Waals surface area contributed by atoms with Gasteiger partial charge in [0.05, 0.1) is 11.8 Å². The minimum Gasteiger partial charge on any atom is -0.507 e. The van der Waals surface area contributed by atoms with Crippen LogP contribution in [-0.4, -0.2) is 98.0 Å². The molecule has 4 fully saturated rings. The molecule has 1 aromatic carbocycles. The average molecular weight is 995 g/mol. The van der Waals surface area contributed by atoms with Crippen LogP contribution in [-0.2, 0) is 54.5 Å². The second-order valence-corrected chi connectivity index (χ2v) is 28.3. The Hall–Kier alpha value is -3.52. The van der Waals surface area contributed by atoms with Crippen molar-refractivity contribution in [2.24, 2.45) is 28.1 Å². The van der Waals surface area contributed by atoms with Gasteiger partial charge in [0.25, 0.3) is 0 Å². The highest BCUT2D eigenvalue weighted by Crippen LogP contribution is 2.51. The first-order valence-electron chi connectivity index (χ1n) is 26.2. The van der Waals surface area contributed by atoms with Crippen LogP contribution in [0.5, 0.6) is 5.75 Å². The zero-order valence-electron chi connectivity index (χ0n) is 47.3. The summed E-state index contributed by atoms with van der Waals surface area (Å²) in [4.78, 5) is 80.5. The number of ketones is 4. The molecule has 0 atom stereocenters. The van der Waals surface area contributed by atoms with E-state index in [1.165, 1.54) is 0 Å². The van der Waals surface area contributed by atoms with Gasteiger partial charge in [-0.2, -0.15) is 0 Å². The number of phenols is 1. The van der Waals surface area contributed by atoms with Gasteiger partial charge in [0.2, 0.25) is 0 Å². The summed E-state index contributed by atoms with van der Waals surface area (Å²) in [5.41, 5.74) is -4.25. The minimum atomic E-state index is -1.69. The molecule has 2 aliphatic heterocycles. The number of aliphatic hydroxyl groups is 2. The fourth-order valence-electron chi connectivity index (χ4n) is 12.8. The molecule has 0 radical (unpaired) electrons. The first-order chi connectivity index (χ1) is 32.0. The van der Waals surface area contributed by atoms with E-state index in [0.29, 0.717) is 48.8 Å². The number of esters is 2. The van der Waals surface area contributed by atoms with Crippen molar-refractivity contribution < 1.29 is 53.6 Å². The lowest BCUT2D eigenvalue weighted by Gasteiger charge is -2.47. The fraction of sp³-hybridized carbons (Fsp3) is 0.793. The molecular formula is C58H94N2O11. The lowest BCUT2D eigenvalue weighted by Crippen LogP contribution is -2.61. The average Bonchev–Trinajstić information content (AvgIpc) is 3.14. The van der Waals surface area contributed by atoms with E-state index in [0.717, 1.165) is 6.42 Å². The number of carbonyl (C=O) groups is 6. The van der Waals surface area contributed by atoms with Crippen molar-refractivity contribution in [3.05, 3.63) is 28.8 Å². The highest BCUT2D eigenvalue weighted by atomic mass is 16.6. The highest BCUT2D eigenvalue weighted by molar-refractivity contribution is 6.11. The number of hydrogen-bond donors (Lipinski definition) is 5. The summed E-state index contributed by atoms with van der Waals surface area (Å²) >= 11 is 0. The summed E-state index contributed by atoms with van der Waals surface area (Å²) in [6, 6.07) is 3.74. The maximum atomic E-state index is 15.0. The van der Waals surface area contributed by atoms with Crippen LogP contribution in [0.2, 0.25) is 0 Å². The molecule has 402 valence electrons. The van der Waals surface area contributed by atoms with E-state index in [4.69, 9.17) is 9.47 Å². The Kier molecular flexibility index (Phi) is 17.5. The number of carbonyl (C=O) groups excluding carboxylic acids is 6. The first kappa shape index (κ1) is 60.0. The molecular weight excluding hydrogens is 901 g/mol. The largest absolute Gasteiger partial charge is 0.507 e. The van der Waals surface area contributed by atoms with Crippen molar-refractivity contribution in [3.63, 3.8) is 0 Å². The van der Waals surface area contributed by atoms with Crippen LogP contribution in [0.4, 0.5) is 0 Å². The molecule has 71 heavy (non-hydrogen) atoms.